The van der Waals surface area contributed by atoms with Gasteiger partial charge in [-0.05, 0) is 0 Å². The molecule has 0 aliphatic carbocycles. The molecule has 0 aromatic rings. The van der Waals surface area contributed by atoms with Crippen LogP contribution in [0.2, 0.25) is 34.5 Å². The molecule has 0 aliphatic rings. The summed E-state index contributed by atoms with van der Waals surface area (Å²) in [6.45, 7) is 0. The summed E-state index contributed by atoms with van der Waals surface area (Å²) >= 11 is -4.57. The quantitative estimate of drug-likeness (QED) is 0.559. The minimum absolute atomic E-state index is 1.65. The summed E-state index contributed by atoms with van der Waals surface area (Å²) in [5.74, 6) is 12.3. The molecule has 1 nitrogen and oxygen atoms in total. The molecule has 0 saturated heterocycles. The van der Waals surface area contributed by atoms with Gasteiger partial charge in [-0.1, -0.05) is 0 Å². The molecule has 74 valence electrons. The summed E-state index contributed by atoms with van der Waals surface area (Å²) in [6.07, 6.45) is 0. The molecular formula is C6H18F2Ge2NP. The summed E-state index contributed by atoms with van der Waals surface area (Å²) in [5, 5.41) is 0. The second-order valence-electron chi connectivity index (χ2n) is 4.87. The van der Waals surface area contributed by atoms with Crippen LogP contribution in [0, 0.1) is 0 Å². The Morgan fingerprint density at radius 1 is 0.833 bits per heavy atom. The Kier molecular flexibility index (Phi) is 4.71. The van der Waals surface area contributed by atoms with Crippen molar-refractivity contribution in [3.8, 4) is 0 Å². The topological polar surface area (TPSA) is 3.24 Å². The fraction of sp³-hybridized carbons (Fsp3) is 1.00. The minimum atomic E-state index is -2.84. The Balaban J connectivity index is 4.70. The van der Waals surface area contributed by atoms with Gasteiger partial charge in [0.2, 0.25) is 0 Å². The van der Waals surface area contributed by atoms with Crippen LogP contribution >= 0.6 is 8.69 Å². The van der Waals surface area contributed by atoms with Gasteiger partial charge in [-0.15, -0.1) is 0 Å². The molecule has 6 heteroatoms. The Labute approximate surface area is 81.1 Å². The van der Waals surface area contributed by atoms with Crippen molar-refractivity contribution in [1.29, 1.82) is 0 Å². The van der Waals surface area contributed by atoms with Gasteiger partial charge < -0.3 is 0 Å². The van der Waals surface area contributed by atoms with E-state index in [1.165, 1.54) is 0 Å². The van der Waals surface area contributed by atoms with E-state index >= 15 is 0 Å². The van der Waals surface area contributed by atoms with Gasteiger partial charge in [-0.25, -0.2) is 0 Å². The Morgan fingerprint density at radius 3 is 1.08 bits per heavy atom. The van der Waals surface area contributed by atoms with Crippen LogP contribution in [0.3, 0.4) is 0 Å². The summed E-state index contributed by atoms with van der Waals surface area (Å²) in [7, 11) is -2.84. The van der Waals surface area contributed by atoms with Crippen LogP contribution < -0.4 is 0 Å². The van der Waals surface area contributed by atoms with Gasteiger partial charge in [0, 0.05) is 0 Å². The van der Waals surface area contributed by atoms with E-state index in [1.807, 2.05) is 34.5 Å². The molecule has 0 bridgehead atoms. The summed E-state index contributed by atoms with van der Waals surface area (Å²) in [6, 6.07) is 0. The molecule has 0 fully saturated rings. The van der Waals surface area contributed by atoms with Crippen molar-refractivity contribution >= 4 is 35.7 Å². The summed E-state index contributed by atoms with van der Waals surface area (Å²) in [4.78, 5) is 0. The zero-order chi connectivity index (χ0) is 10.2. The predicted octanol–water partition coefficient (Wildman–Crippen LogP) is 4.12. The second-order valence-corrected chi connectivity index (χ2v) is 29.3. The van der Waals surface area contributed by atoms with Gasteiger partial charge >= 0.3 is 81.2 Å². The summed E-state index contributed by atoms with van der Waals surface area (Å²) in [5.41, 5.74) is 0. The van der Waals surface area contributed by atoms with Gasteiger partial charge in [0.1, 0.15) is 0 Å². The molecule has 0 aliphatic heterocycles. The third kappa shape index (κ3) is 4.03. The number of hydrogen-bond donors (Lipinski definition) is 0. The average Bonchev–Trinajstić information content (AvgIpc) is 1.49. The van der Waals surface area contributed by atoms with Gasteiger partial charge in [0.05, 0.1) is 0 Å². The standard InChI is InChI=1S/C6H18F2Ge2NP/c1-9(2,3)11(12(7)8)10(4,5)6/h1-6H3. The van der Waals surface area contributed by atoms with Gasteiger partial charge in [-0.2, -0.15) is 0 Å². The van der Waals surface area contributed by atoms with E-state index in [-0.39, 0.29) is 0 Å². The molecule has 0 amide bonds. The van der Waals surface area contributed by atoms with Gasteiger partial charge in [-0.3, -0.25) is 0 Å². The van der Waals surface area contributed by atoms with Crippen molar-refractivity contribution in [3.05, 3.63) is 0 Å². The third-order valence-corrected chi connectivity index (χ3v) is 29.8. The molecular weight excluding hydrogens is 300 g/mol. The number of hydrogen-bond acceptors (Lipinski definition) is 1. The molecule has 0 aromatic carbocycles. The van der Waals surface area contributed by atoms with Crippen molar-refractivity contribution < 1.29 is 8.39 Å². The van der Waals surface area contributed by atoms with Gasteiger partial charge in [0.15, 0.2) is 0 Å². The first-order valence-electron chi connectivity index (χ1n) is 3.99. The fourth-order valence-electron chi connectivity index (χ4n) is 1.46. The Bertz CT molecular complexity index is 139. The SMILES string of the molecule is [CH3][Ge]([CH3])([CH3])[N](P(F)F)[Ge]([CH3])([CH3])[CH3]. The number of halogens is 2. The molecule has 0 radical (unpaired) electrons. The molecule has 0 heterocycles. The van der Waals surface area contributed by atoms with Crippen molar-refractivity contribution in [2.24, 2.45) is 0 Å². The van der Waals surface area contributed by atoms with Crippen LogP contribution in [0.25, 0.3) is 0 Å². The molecule has 0 rings (SSSR count). The first-order chi connectivity index (χ1) is 5.07. The predicted molar refractivity (Wildman–Crippen MR) is 57.7 cm³/mol. The molecule has 0 spiro atoms. The maximum atomic E-state index is 12.8. The van der Waals surface area contributed by atoms with Gasteiger partial charge in [0.25, 0.3) is 0 Å². The average molecular weight is 318 g/mol. The fourth-order valence-corrected chi connectivity index (χ4v) is 34.2. The van der Waals surface area contributed by atoms with Crippen LogP contribution in [-0.2, 0) is 0 Å². The molecule has 0 atom stereocenters. The zero-order valence-corrected chi connectivity index (χ0v) is 13.7. The van der Waals surface area contributed by atoms with E-state index in [1.54, 1.807) is 2.58 Å². The van der Waals surface area contributed by atoms with E-state index in [4.69, 9.17) is 0 Å². The van der Waals surface area contributed by atoms with E-state index in [9.17, 15) is 8.39 Å². The van der Waals surface area contributed by atoms with Crippen LogP contribution in [0.5, 0.6) is 0 Å². The molecule has 12 heavy (non-hydrogen) atoms. The van der Waals surface area contributed by atoms with Crippen molar-refractivity contribution in [2.75, 3.05) is 0 Å². The monoisotopic (exact) mass is 321 g/mol. The van der Waals surface area contributed by atoms with E-state index in [2.05, 4.69) is 0 Å². The third-order valence-electron chi connectivity index (χ3n) is 1.42. The van der Waals surface area contributed by atoms with E-state index < -0.39 is 35.7 Å². The first-order valence-corrected chi connectivity index (χ1v) is 19.5. The first kappa shape index (κ1) is 13.3. The van der Waals surface area contributed by atoms with Crippen molar-refractivity contribution in [1.82, 2.24) is 2.58 Å². The maximum absolute atomic E-state index is 12.8. The van der Waals surface area contributed by atoms with Crippen molar-refractivity contribution in [2.45, 2.75) is 34.5 Å². The van der Waals surface area contributed by atoms with Crippen LogP contribution in [0.1, 0.15) is 0 Å². The second kappa shape index (κ2) is 4.24. The van der Waals surface area contributed by atoms with E-state index in [0.29, 0.717) is 0 Å². The van der Waals surface area contributed by atoms with Crippen LogP contribution in [0.15, 0.2) is 0 Å². The zero-order valence-electron chi connectivity index (χ0n) is 8.65. The molecule has 0 aromatic heterocycles. The molecule has 0 N–H and O–H groups in total. The summed E-state index contributed by atoms with van der Waals surface area (Å²) < 4.78 is 27.2. The van der Waals surface area contributed by atoms with E-state index in [0.717, 1.165) is 0 Å². The molecule has 0 saturated carbocycles. The van der Waals surface area contributed by atoms with Crippen LogP contribution in [-0.4, -0.2) is 29.6 Å². The molecule has 0 unspecified atom stereocenters. The Morgan fingerprint density at radius 2 is 1.08 bits per heavy atom. The number of nitrogens with zero attached hydrogens (tertiary/aromatic N) is 1. The normalized spacial score (nSPS) is 14.5. The Hall–Kier alpha value is 1.34. The van der Waals surface area contributed by atoms with Crippen molar-refractivity contribution in [3.63, 3.8) is 0 Å². The van der Waals surface area contributed by atoms with Crippen LogP contribution in [0.4, 0.5) is 8.39 Å². The number of rotatable bonds is 3.